The summed E-state index contributed by atoms with van der Waals surface area (Å²) in [4.78, 5) is 23.6. The number of carbonyl (C=O) groups excluding carboxylic acids is 1. The fourth-order valence-corrected chi connectivity index (χ4v) is 4.85. The molecule has 5 rings (SSSR count). The van der Waals surface area contributed by atoms with E-state index >= 15 is 0 Å². The van der Waals surface area contributed by atoms with Gasteiger partial charge in [-0.25, -0.2) is 5.48 Å². The first-order valence-corrected chi connectivity index (χ1v) is 11.4. The quantitative estimate of drug-likeness (QED) is 0.531. The molecule has 2 unspecified atom stereocenters. The smallest absolute Gasteiger partial charge is 0.274 e. The van der Waals surface area contributed by atoms with E-state index in [2.05, 4.69) is 63.4 Å². The number of rotatable bonds is 6. The lowest BCUT2D eigenvalue weighted by atomic mass is 9.99. The van der Waals surface area contributed by atoms with E-state index in [1.165, 1.54) is 11.3 Å². The van der Waals surface area contributed by atoms with Crippen molar-refractivity contribution < 1.29 is 10.0 Å². The third-order valence-corrected chi connectivity index (χ3v) is 6.64. The molecule has 0 radical (unpaired) electrons. The maximum Gasteiger partial charge on any atom is 0.274 e. The Kier molecular flexibility index (Phi) is 6.24. The highest BCUT2D eigenvalue weighted by Gasteiger charge is 2.35. The Labute approximate surface area is 194 Å². The van der Waals surface area contributed by atoms with Crippen molar-refractivity contribution >= 4 is 12.1 Å². The van der Waals surface area contributed by atoms with Gasteiger partial charge in [0.2, 0.25) is 0 Å². The Balaban J connectivity index is 1.18. The number of amides is 1. The summed E-state index contributed by atoms with van der Waals surface area (Å²) >= 11 is 0. The molecule has 0 aliphatic carbocycles. The van der Waals surface area contributed by atoms with Crippen molar-refractivity contribution in [2.24, 2.45) is 10.9 Å². The number of fused-ring (bicyclic) bond motifs is 1. The van der Waals surface area contributed by atoms with Crippen LogP contribution in [0.15, 0.2) is 83.6 Å². The van der Waals surface area contributed by atoms with Gasteiger partial charge in [0.25, 0.3) is 5.91 Å². The van der Waals surface area contributed by atoms with Gasteiger partial charge in [0.15, 0.2) is 0 Å². The zero-order valence-corrected chi connectivity index (χ0v) is 18.5. The zero-order chi connectivity index (χ0) is 22.6. The summed E-state index contributed by atoms with van der Waals surface area (Å²) in [5.74, 6) is -0.242. The standard InChI is InChI=1S/C26H29N5O2/c32-26(28-33)22-8-6-21(7-9-22)19-31-13-11-23-24(10-12-27-25(23)31)30-16-14-29(15-17-30)18-20-4-2-1-3-5-20/h1-13,23,25,33H,14-19H2,(H,28,32). The van der Waals surface area contributed by atoms with Crippen molar-refractivity contribution in [3.05, 3.63) is 95.3 Å². The Hall–Kier alpha value is -3.42. The van der Waals surface area contributed by atoms with Crippen LogP contribution in [-0.2, 0) is 13.1 Å². The maximum absolute atomic E-state index is 11.5. The Bertz CT molecular complexity index is 1060. The summed E-state index contributed by atoms with van der Waals surface area (Å²) in [7, 11) is 0. The monoisotopic (exact) mass is 443 g/mol. The molecule has 7 nitrogen and oxygen atoms in total. The topological polar surface area (TPSA) is 71.4 Å². The van der Waals surface area contributed by atoms with Gasteiger partial charge in [0, 0.05) is 56.7 Å². The summed E-state index contributed by atoms with van der Waals surface area (Å²) in [6, 6.07) is 18.0. The van der Waals surface area contributed by atoms with Gasteiger partial charge >= 0.3 is 0 Å². The number of aliphatic imine (C=N–C) groups is 1. The molecule has 0 aromatic heterocycles. The number of hydroxylamine groups is 1. The van der Waals surface area contributed by atoms with E-state index in [0.717, 1.165) is 38.3 Å². The fourth-order valence-electron chi connectivity index (χ4n) is 4.85. The second kappa shape index (κ2) is 9.60. The van der Waals surface area contributed by atoms with Gasteiger partial charge in [-0.05, 0) is 35.5 Å². The Morgan fingerprint density at radius 1 is 0.970 bits per heavy atom. The van der Waals surface area contributed by atoms with Gasteiger partial charge in [-0.1, -0.05) is 48.5 Å². The molecule has 0 saturated carbocycles. The van der Waals surface area contributed by atoms with Gasteiger partial charge in [-0.3, -0.25) is 19.9 Å². The molecule has 1 saturated heterocycles. The number of allylic oxidation sites excluding steroid dienone is 1. The highest BCUT2D eigenvalue weighted by molar-refractivity contribution is 5.93. The number of carbonyl (C=O) groups is 1. The van der Waals surface area contributed by atoms with Crippen molar-refractivity contribution in [1.29, 1.82) is 0 Å². The SMILES string of the molecule is O=C(NO)c1ccc(CN2C=CC3C(N4CCN(Cc5ccccc5)CC4)=CC=NC32)cc1. The first-order valence-electron chi connectivity index (χ1n) is 11.4. The number of nitrogens with one attached hydrogen (secondary N) is 1. The van der Waals surface area contributed by atoms with E-state index in [4.69, 9.17) is 10.2 Å². The summed E-state index contributed by atoms with van der Waals surface area (Å²) in [5, 5.41) is 8.79. The van der Waals surface area contributed by atoms with Crippen LogP contribution in [0.5, 0.6) is 0 Å². The number of dihydropyridines is 1. The fraction of sp³-hybridized carbons (Fsp3) is 0.308. The van der Waals surface area contributed by atoms with Gasteiger partial charge in [0.1, 0.15) is 6.17 Å². The van der Waals surface area contributed by atoms with Crippen LogP contribution < -0.4 is 5.48 Å². The summed E-state index contributed by atoms with van der Waals surface area (Å²) in [5.41, 5.74) is 5.91. The van der Waals surface area contributed by atoms with Crippen LogP contribution in [0.3, 0.4) is 0 Å². The molecule has 0 bridgehead atoms. The van der Waals surface area contributed by atoms with E-state index in [0.29, 0.717) is 12.1 Å². The lowest BCUT2D eigenvalue weighted by Crippen LogP contribution is -2.48. The van der Waals surface area contributed by atoms with Gasteiger partial charge in [-0.15, -0.1) is 0 Å². The van der Waals surface area contributed by atoms with Crippen LogP contribution in [0.25, 0.3) is 0 Å². The van der Waals surface area contributed by atoms with Gasteiger partial charge in [0.05, 0.1) is 5.92 Å². The largest absolute Gasteiger partial charge is 0.372 e. The number of piperazine rings is 1. The van der Waals surface area contributed by atoms with Gasteiger partial charge in [-0.2, -0.15) is 0 Å². The van der Waals surface area contributed by atoms with E-state index in [1.807, 2.05) is 18.3 Å². The molecule has 2 aromatic rings. The average Bonchev–Trinajstić information content (AvgIpc) is 3.28. The molecule has 170 valence electrons. The Morgan fingerprint density at radius 3 is 2.42 bits per heavy atom. The van der Waals surface area contributed by atoms with Crippen LogP contribution in [0.4, 0.5) is 0 Å². The number of nitrogens with zero attached hydrogens (tertiary/aromatic N) is 4. The highest BCUT2D eigenvalue weighted by atomic mass is 16.5. The third-order valence-electron chi connectivity index (χ3n) is 6.64. The Morgan fingerprint density at radius 2 is 1.70 bits per heavy atom. The molecule has 1 fully saturated rings. The van der Waals surface area contributed by atoms with E-state index < -0.39 is 5.91 Å². The minimum absolute atomic E-state index is 0.0627. The normalized spacial score (nSPS) is 22.3. The summed E-state index contributed by atoms with van der Waals surface area (Å²) < 4.78 is 0. The molecule has 1 amide bonds. The van der Waals surface area contributed by atoms with Crippen LogP contribution in [0.1, 0.15) is 21.5 Å². The van der Waals surface area contributed by atoms with Crippen molar-refractivity contribution in [3.8, 4) is 0 Å². The molecular weight excluding hydrogens is 414 g/mol. The molecule has 2 atom stereocenters. The number of hydrogen-bond donors (Lipinski definition) is 2. The van der Waals surface area contributed by atoms with E-state index in [9.17, 15) is 4.79 Å². The van der Waals surface area contributed by atoms with Crippen molar-refractivity contribution in [1.82, 2.24) is 20.2 Å². The first kappa shape index (κ1) is 21.4. The summed E-state index contributed by atoms with van der Waals surface area (Å²) in [6.07, 6.45) is 8.59. The average molecular weight is 444 g/mol. The molecule has 3 aliphatic heterocycles. The lowest BCUT2D eigenvalue weighted by Gasteiger charge is -2.41. The lowest BCUT2D eigenvalue weighted by molar-refractivity contribution is 0.0706. The minimum atomic E-state index is -0.502. The summed E-state index contributed by atoms with van der Waals surface area (Å²) in [6.45, 7) is 5.89. The molecule has 33 heavy (non-hydrogen) atoms. The second-order valence-electron chi connectivity index (χ2n) is 8.73. The van der Waals surface area contributed by atoms with Crippen LogP contribution in [0, 0.1) is 5.92 Å². The van der Waals surface area contributed by atoms with Crippen LogP contribution in [0.2, 0.25) is 0 Å². The molecule has 7 heteroatoms. The molecular formula is C26H29N5O2. The zero-order valence-electron chi connectivity index (χ0n) is 18.5. The van der Waals surface area contributed by atoms with Crippen molar-refractivity contribution in [3.63, 3.8) is 0 Å². The second-order valence-corrected chi connectivity index (χ2v) is 8.73. The van der Waals surface area contributed by atoms with Crippen LogP contribution >= 0.6 is 0 Å². The first-order chi connectivity index (χ1) is 16.2. The van der Waals surface area contributed by atoms with Crippen molar-refractivity contribution in [2.75, 3.05) is 26.2 Å². The van der Waals surface area contributed by atoms with E-state index in [1.54, 1.807) is 17.6 Å². The van der Waals surface area contributed by atoms with Crippen LogP contribution in [-0.4, -0.2) is 64.4 Å². The maximum atomic E-state index is 11.5. The van der Waals surface area contributed by atoms with Crippen molar-refractivity contribution in [2.45, 2.75) is 19.3 Å². The molecule has 2 N–H and O–H groups in total. The van der Waals surface area contributed by atoms with E-state index in [-0.39, 0.29) is 12.1 Å². The predicted octanol–water partition coefficient (Wildman–Crippen LogP) is 2.86. The number of hydrogen-bond acceptors (Lipinski definition) is 6. The molecule has 2 aromatic carbocycles. The number of benzene rings is 2. The predicted molar refractivity (Wildman–Crippen MR) is 128 cm³/mol. The molecule has 0 spiro atoms. The third kappa shape index (κ3) is 4.69. The van der Waals surface area contributed by atoms with Gasteiger partial charge < -0.3 is 9.80 Å². The molecule has 3 aliphatic rings. The highest BCUT2D eigenvalue weighted by Crippen LogP contribution is 2.34. The molecule has 3 heterocycles. The minimum Gasteiger partial charge on any atom is -0.372 e.